The summed E-state index contributed by atoms with van der Waals surface area (Å²) in [5.41, 5.74) is 2.20. The molecule has 1 atom stereocenters. The van der Waals surface area contributed by atoms with Gasteiger partial charge in [-0.3, -0.25) is 4.21 Å². The van der Waals surface area contributed by atoms with E-state index < -0.39 is 10.8 Å². The normalized spacial score (nSPS) is 22.0. The van der Waals surface area contributed by atoms with Gasteiger partial charge in [-0.15, -0.1) is 0 Å². The smallest absolute Gasteiger partial charge is 0.298 e. The van der Waals surface area contributed by atoms with Crippen LogP contribution in [0.2, 0.25) is 0 Å². The molecule has 2 fully saturated rings. The van der Waals surface area contributed by atoms with Gasteiger partial charge in [0.25, 0.3) is 6.01 Å². The number of oxazole rings is 1. The Morgan fingerprint density at radius 3 is 2.61 bits per heavy atom. The minimum absolute atomic E-state index is 0.0525. The maximum atomic E-state index is 12.5. The molecule has 9 nitrogen and oxygen atoms in total. The maximum Gasteiger partial charge on any atom is 0.298 e. The Labute approximate surface area is 181 Å². The monoisotopic (exact) mass is 440 g/mol. The highest BCUT2D eigenvalue weighted by Gasteiger charge is 2.44. The summed E-state index contributed by atoms with van der Waals surface area (Å²) in [5.74, 6) is 1.87. The van der Waals surface area contributed by atoms with Crippen molar-refractivity contribution in [2.45, 2.75) is 29.7 Å². The standard InChI is InChI=1S/C21H24N6O3S/c28-13-21(6-7-21)25-18-17-15(5-12-31(17)29)22-19(24-18)26-8-10-27(11-9-26)20-23-14-3-1-2-4-16(14)30-20/h1-4,28H,5-13H2,(H,22,24,25). The molecule has 0 bridgehead atoms. The highest BCUT2D eigenvalue weighted by molar-refractivity contribution is 7.85. The zero-order chi connectivity index (χ0) is 21.0. The van der Waals surface area contributed by atoms with Gasteiger partial charge in [0.15, 0.2) is 5.58 Å². The summed E-state index contributed by atoms with van der Waals surface area (Å²) in [6.45, 7) is 3.04. The van der Waals surface area contributed by atoms with Gasteiger partial charge in [0, 0.05) is 38.4 Å². The van der Waals surface area contributed by atoms with Crippen molar-refractivity contribution in [3.05, 3.63) is 30.0 Å². The lowest BCUT2D eigenvalue weighted by Crippen LogP contribution is -2.47. The zero-order valence-corrected chi connectivity index (χ0v) is 17.9. The number of hydrogen-bond donors (Lipinski definition) is 2. The van der Waals surface area contributed by atoms with Crippen molar-refractivity contribution in [1.29, 1.82) is 0 Å². The molecule has 31 heavy (non-hydrogen) atoms. The minimum atomic E-state index is -1.09. The fourth-order valence-corrected chi connectivity index (χ4v) is 5.53. The van der Waals surface area contributed by atoms with E-state index in [1.165, 1.54) is 0 Å². The molecular weight excluding hydrogens is 416 g/mol. The second-order valence-electron chi connectivity index (χ2n) is 8.45. The molecule has 1 saturated carbocycles. The number of nitrogens with zero attached hydrogens (tertiary/aromatic N) is 5. The Balaban J connectivity index is 1.23. The first-order valence-electron chi connectivity index (χ1n) is 10.7. The Morgan fingerprint density at radius 2 is 1.87 bits per heavy atom. The number of para-hydroxylation sites is 2. The number of hydrogen-bond acceptors (Lipinski definition) is 9. The number of aliphatic hydroxyl groups is 1. The predicted octanol–water partition coefficient (Wildman–Crippen LogP) is 1.54. The lowest BCUT2D eigenvalue weighted by molar-refractivity contribution is 0.265. The third-order valence-corrected chi connectivity index (χ3v) is 7.79. The third-order valence-electron chi connectivity index (χ3n) is 6.33. The molecule has 2 aliphatic heterocycles. The molecule has 0 spiro atoms. The summed E-state index contributed by atoms with van der Waals surface area (Å²) in [5, 5.41) is 13.1. The van der Waals surface area contributed by atoms with Crippen molar-refractivity contribution in [1.82, 2.24) is 15.0 Å². The molecule has 3 aromatic rings. The summed E-state index contributed by atoms with van der Waals surface area (Å²) in [7, 11) is -1.09. The second kappa shape index (κ2) is 7.16. The van der Waals surface area contributed by atoms with E-state index in [0.29, 0.717) is 34.9 Å². The molecule has 4 heterocycles. The van der Waals surface area contributed by atoms with Gasteiger partial charge in [-0.25, -0.2) is 4.98 Å². The maximum absolute atomic E-state index is 12.5. The number of benzene rings is 1. The van der Waals surface area contributed by atoms with Crippen LogP contribution in [0.1, 0.15) is 18.5 Å². The first-order valence-corrected chi connectivity index (χ1v) is 12.0. The van der Waals surface area contributed by atoms with Gasteiger partial charge in [-0.2, -0.15) is 9.97 Å². The average Bonchev–Trinajstić information content (AvgIpc) is 3.26. The molecule has 6 rings (SSSR count). The van der Waals surface area contributed by atoms with Crippen LogP contribution in [0.25, 0.3) is 11.1 Å². The van der Waals surface area contributed by atoms with Crippen LogP contribution < -0.4 is 15.1 Å². The summed E-state index contributed by atoms with van der Waals surface area (Å²) in [4.78, 5) is 19.1. The molecule has 1 saturated heterocycles. The topological polar surface area (TPSA) is 108 Å². The first kappa shape index (κ1) is 19.0. The van der Waals surface area contributed by atoms with Gasteiger partial charge in [0.1, 0.15) is 16.2 Å². The largest absolute Gasteiger partial charge is 0.423 e. The van der Waals surface area contributed by atoms with Crippen molar-refractivity contribution in [2.24, 2.45) is 0 Å². The zero-order valence-electron chi connectivity index (χ0n) is 17.1. The Bertz CT molecular complexity index is 1140. The number of aryl methyl sites for hydroxylation is 1. The van der Waals surface area contributed by atoms with Crippen molar-refractivity contribution in [3.63, 3.8) is 0 Å². The van der Waals surface area contributed by atoms with Crippen molar-refractivity contribution in [3.8, 4) is 0 Å². The molecule has 3 aliphatic rings. The summed E-state index contributed by atoms with van der Waals surface area (Å²) < 4.78 is 18.4. The van der Waals surface area contributed by atoms with E-state index >= 15 is 0 Å². The van der Waals surface area contributed by atoms with Crippen molar-refractivity contribution in [2.75, 3.05) is 53.7 Å². The molecule has 2 N–H and O–H groups in total. The van der Waals surface area contributed by atoms with E-state index in [0.717, 1.165) is 55.8 Å². The number of nitrogens with one attached hydrogen (secondary N) is 1. The van der Waals surface area contributed by atoms with E-state index in [1.54, 1.807) is 0 Å². The number of aromatic nitrogens is 3. The van der Waals surface area contributed by atoms with E-state index in [1.807, 2.05) is 24.3 Å². The molecule has 162 valence electrons. The van der Waals surface area contributed by atoms with Crippen LogP contribution in [-0.2, 0) is 17.2 Å². The van der Waals surface area contributed by atoms with Gasteiger partial charge < -0.3 is 24.6 Å². The van der Waals surface area contributed by atoms with Gasteiger partial charge in [-0.1, -0.05) is 12.1 Å². The average molecular weight is 441 g/mol. The Kier molecular flexibility index (Phi) is 4.39. The number of anilines is 3. The molecule has 0 amide bonds. The van der Waals surface area contributed by atoms with E-state index in [2.05, 4.69) is 20.1 Å². The quantitative estimate of drug-likeness (QED) is 0.611. The predicted molar refractivity (Wildman–Crippen MR) is 118 cm³/mol. The van der Waals surface area contributed by atoms with E-state index in [4.69, 9.17) is 14.4 Å². The summed E-state index contributed by atoms with van der Waals surface area (Å²) in [6.07, 6.45) is 2.49. The molecule has 2 aromatic heterocycles. The van der Waals surface area contributed by atoms with Crippen LogP contribution in [0.3, 0.4) is 0 Å². The molecule has 1 aromatic carbocycles. The number of piperazine rings is 1. The van der Waals surface area contributed by atoms with Crippen LogP contribution in [0.15, 0.2) is 33.6 Å². The Morgan fingerprint density at radius 1 is 1.10 bits per heavy atom. The minimum Gasteiger partial charge on any atom is -0.423 e. The van der Waals surface area contributed by atoms with Gasteiger partial charge in [-0.05, 0) is 25.0 Å². The van der Waals surface area contributed by atoms with Crippen LogP contribution >= 0.6 is 0 Å². The number of fused-ring (bicyclic) bond motifs is 2. The highest BCUT2D eigenvalue weighted by Crippen LogP contribution is 2.41. The van der Waals surface area contributed by atoms with E-state index in [-0.39, 0.29) is 12.1 Å². The molecular formula is C21H24N6O3S. The fraction of sp³-hybridized carbons (Fsp3) is 0.476. The SMILES string of the molecule is O=S1CCc2nc(N3CCN(c4nc5ccccc5o4)CC3)nc(NC3(CO)CC3)c21. The first-order chi connectivity index (χ1) is 15.1. The molecule has 10 heteroatoms. The lowest BCUT2D eigenvalue weighted by atomic mass is 10.2. The van der Waals surface area contributed by atoms with Gasteiger partial charge >= 0.3 is 0 Å². The van der Waals surface area contributed by atoms with Gasteiger partial charge in [0.05, 0.1) is 28.6 Å². The highest BCUT2D eigenvalue weighted by atomic mass is 32.2. The third kappa shape index (κ3) is 3.34. The van der Waals surface area contributed by atoms with Crippen LogP contribution in [0, 0.1) is 0 Å². The van der Waals surface area contributed by atoms with Crippen molar-refractivity contribution >= 4 is 39.7 Å². The summed E-state index contributed by atoms with van der Waals surface area (Å²) >= 11 is 0. The van der Waals surface area contributed by atoms with Crippen LogP contribution in [0.5, 0.6) is 0 Å². The molecule has 0 radical (unpaired) electrons. The lowest BCUT2D eigenvalue weighted by Gasteiger charge is -2.34. The second-order valence-corrected chi connectivity index (χ2v) is 9.96. The fourth-order valence-electron chi connectivity index (χ4n) is 4.23. The number of aliphatic hydroxyl groups excluding tert-OH is 1. The van der Waals surface area contributed by atoms with Gasteiger partial charge in [0.2, 0.25) is 5.95 Å². The van der Waals surface area contributed by atoms with Crippen LogP contribution in [-0.4, -0.2) is 68.3 Å². The number of rotatable bonds is 5. The van der Waals surface area contributed by atoms with Crippen molar-refractivity contribution < 1.29 is 13.7 Å². The van der Waals surface area contributed by atoms with E-state index in [9.17, 15) is 9.32 Å². The molecule has 1 unspecified atom stereocenters. The molecule has 1 aliphatic carbocycles. The summed E-state index contributed by atoms with van der Waals surface area (Å²) in [6, 6.07) is 8.43. The van der Waals surface area contributed by atoms with Crippen LogP contribution in [0.4, 0.5) is 17.8 Å². The Hall–Kier alpha value is -2.72.